The van der Waals surface area contributed by atoms with Gasteiger partial charge < -0.3 is 15.3 Å². The fourth-order valence-corrected chi connectivity index (χ4v) is 4.62. The SMILES string of the molecule is CC(C)NC(=O)[C@H]1C[NH+]2CC[C@@H]1C[C@@H]2Cn1cc(-c2cccc(O)c2)nn1. The number of rotatable bonds is 5. The van der Waals surface area contributed by atoms with Crippen LogP contribution in [0.1, 0.15) is 26.7 Å². The molecule has 0 spiro atoms. The van der Waals surface area contributed by atoms with E-state index >= 15 is 0 Å². The minimum absolute atomic E-state index is 0.144. The summed E-state index contributed by atoms with van der Waals surface area (Å²) in [4.78, 5) is 14.0. The molecular weight excluding hydrogens is 342 g/mol. The first kappa shape index (κ1) is 18.0. The van der Waals surface area contributed by atoms with Gasteiger partial charge >= 0.3 is 0 Å². The van der Waals surface area contributed by atoms with Crippen molar-refractivity contribution in [2.24, 2.45) is 11.8 Å². The second-order valence-electron chi connectivity index (χ2n) is 8.24. The molecule has 27 heavy (non-hydrogen) atoms. The third kappa shape index (κ3) is 3.83. The highest BCUT2D eigenvalue weighted by Gasteiger charge is 2.46. The molecule has 1 aromatic carbocycles. The van der Waals surface area contributed by atoms with E-state index in [1.165, 1.54) is 4.90 Å². The van der Waals surface area contributed by atoms with E-state index in [-0.39, 0.29) is 23.6 Å². The van der Waals surface area contributed by atoms with E-state index in [1.54, 1.807) is 12.1 Å². The van der Waals surface area contributed by atoms with Gasteiger partial charge in [-0.1, -0.05) is 17.3 Å². The summed E-state index contributed by atoms with van der Waals surface area (Å²) < 4.78 is 1.90. The van der Waals surface area contributed by atoms with E-state index in [4.69, 9.17) is 0 Å². The van der Waals surface area contributed by atoms with Gasteiger partial charge in [0.15, 0.2) is 0 Å². The van der Waals surface area contributed by atoms with E-state index < -0.39 is 0 Å². The molecular formula is C20H28N5O2+. The highest BCUT2D eigenvalue weighted by atomic mass is 16.3. The number of piperidine rings is 3. The number of aromatic hydroxyl groups is 1. The maximum absolute atomic E-state index is 12.5. The molecule has 3 aliphatic rings. The summed E-state index contributed by atoms with van der Waals surface area (Å²) >= 11 is 0. The Morgan fingerprint density at radius 2 is 2.30 bits per heavy atom. The van der Waals surface area contributed by atoms with Crippen LogP contribution in [-0.2, 0) is 11.3 Å². The number of quaternary nitrogens is 1. The Morgan fingerprint density at radius 1 is 1.44 bits per heavy atom. The topological polar surface area (TPSA) is 84.5 Å². The zero-order chi connectivity index (χ0) is 19.0. The standard InChI is InChI=1S/C20H27N5O2/c1-13(2)21-20(27)18-11-24-7-6-14(18)8-16(24)10-25-12-19(22-23-25)15-4-3-5-17(26)9-15/h3-5,9,12-14,16,18,26H,6-8,10-11H2,1-2H3,(H,21,27)/p+1/t14-,16-,18+/m1/s1. The van der Waals surface area contributed by atoms with Crippen molar-refractivity contribution in [1.82, 2.24) is 20.3 Å². The lowest BCUT2D eigenvalue weighted by Gasteiger charge is -2.46. The number of benzene rings is 1. The van der Waals surface area contributed by atoms with Gasteiger partial charge in [0, 0.05) is 24.4 Å². The molecule has 3 N–H and O–H groups in total. The van der Waals surface area contributed by atoms with Gasteiger partial charge in [-0.3, -0.25) is 4.79 Å². The predicted octanol–water partition coefficient (Wildman–Crippen LogP) is 0.469. The van der Waals surface area contributed by atoms with Crippen molar-refractivity contribution in [3.8, 4) is 17.0 Å². The fraction of sp³-hybridized carbons (Fsp3) is 0.550. The van der Waals surface area contributed by atoms with Gasteiger partial charge in [0.1, 0.15) is 17.5 Å². The molecule has 3 aliphatic heterocycles. The monoisotopic (exact) mass is 370 g/mol. The maximum Gasteiger partial charge on any atom is 0.229 e. The summed E-state index contributed by atoms with van der Waals surface area (Å²) in [5.41, 5.74) is 1.63. The molecule has 0 aliphatic carbocycles. The zero-order valence-electron chi connectivity index (χ0n) is 15.9. The summed E-state index contributed by atoms with van der Waals surface area (Å²) in [5, 5.41) is 21.3. The number of amides is 1. The number of phenolic OH excluding ortho intramolecular Hbond substituents is 1. The third-order valence-corrected chi connectivity index (χ3v) is 5.91. The number of hydrogen-bond acceptors (Lipinski definition) is 4. The Morgan fingerprint density at radius 3 is 3.00 bits per heavy atom. The van der Waals surface area contributed by atoms with Crippen molar-refractivity contribution in [3.63, 3.8) is 0 Å². The number of aromatic nitrogens is 3. The van der Waals surface area contributed by atoms with E-state index in [0.29, 0.717) is 12.0 Å². The number of carbonyl (C=O) groups excluding carboxylic acids is 1. The lowest BCUT2D eigenvalue weighted by molar-refractivity contribution is -0.945. The van der Waals surface area contributed by atoms with Crippen LogP contribution in [0.3, 0.4) is 0 Å². The number of fused-ring (bicyclic) bond motifs is 3. The number of nitrogens with zero attached hydrogens (tertiary/aromatic N) is 3. The van der Waals surface area contributed by atoms with Crippen LogP contribution in [-0.4, -0.2) is 51.2 Å². The smallest absolute Gasteiger partial charge is 0.229 e. The Labute approximate surface area is 159 Å². The first-order valence-corrected chi connectivity index (χ1v) is 9.84. The van der Waals surface area contributed by atoms with Crippen LogP contribution in [0.5, 0.6) is 5.75 Å². The van der Waals surface area contributed by atoms with E-state index in [1.807, 2.05) is 36.9 Å². The average Bonchev–Trinajstić information content (AvgIpc) is 3.10. The Kier molecular flexibility index (Phi) is 4.86. The molecule has 0 saturated carbocycles. The Bertz CT molecular complexity index is 818. The number of nitrogens with one attached hydrogen (secondary N) is 2. The van der Waals surface area contributed by atoms with Crippen LogP contribution >= 0.6 is 0 Å². The quantitative estimate of drug-likeness (QED) is 0.714. The lowest BCUT2D eigenvalue weighted by Crippen LogP contribution is -3.20. The largest absolute Gasteiger partial charge is 0.508 e. The molecule has 5 rings (SSSR count). The molecule has 144 valence electrons. The average molecular weight is 370 g/mol. The summed E-state index contributed by atoms with van der Waals surface area (Å²) in [6.45, 7) is 6.90. The van der Waals surface area contributed by atoms with Crippen molar-refractivity contribution in [2.45, 2.75) is 45.3 Å². The van der Waals surface area contributed by atoms with Crippen molar-refractivity contribution in [1.29, 1.82) is 0 Å². The van der Waals surface area contributed by atoms with Gasteiger partial charge in [0.2, 0.25) is 5.91 Å². The number of phenols is 1. The Hall–Kier alpha value is -2.41. The number of hydrogen-bond donors (Lipinski definition) is 3. The first-order chi connectivity index (χ1) is 13.0. The molecule has 4 heterocycles. The highest BCUT2D eigenvalue weighted by molar-refractivity contribution is 5.79. The summed E-state index contributed by atoms with van der Waals surface area (Å²) in [7, 11) is 0. The normalized spacial score (nSPS) is 27.1. The molecule has 0 radical (unpaired) electrons. The summed E-state index contributed by atoms with van der Waals surface area (Å²) in [6.07, 6.45) is 4.14. The van der Waals surface area contributed by atoms with Crippen molar-refractivity contribution >= 4 is 5.91 Å². The van der Waals surface area contributed by atoms with Gasteiger partial charge in [-0.05, 0) is 31.9 Å². The molecule has 1 aromatic heterocycles. The third-order valence-electron chi connectivity index (χ3n) is 5.91. The van der Waals surface area contributed by atoms with E-state index in [2.05, 4.69) is 15.6 Å². The lowest BCUT2D eigenvalue weighted by atomic mass is 9.75. The van der Waals surface area contributed by atoms with Crippen molar-refractivity contribution in [3.05, 3.63) is 30.5 Å². The van der Waals surface area contributed by atoms with Crippen LogP contribution < -0.4 is 10.2 Å². The Balaban J connectivity index is 1.41. The first-order valence-electron chi connectivity index (χ1n) is 9.84. The van der Waals surface area contributed by atoms with Crippen molar-refractivity contribution in [2.75, 3.05) is 13.1 Å². The predicted molar refractivity (Wildman–Crippen MR) is 101 cm³/mol. The van der Waals surface area contributed by atoms with Crippen LogP contribution in [0.2, 0.25) is 0 Å². The van der Waals surface area contributed by atoms with Crippen LogP contribution in [0.25, 0.3) is 11.3 Å². The molecule has 7 heteroatoms. The molecule has 2 bridgehead atoms. The molecule has 7 nitrogen and oxygen atoms in total. The molecule has 3 fully saturated rings. The minimum Gasteiger partial charge on any atom is -0.508 e. The highest BCUT2D eigenvalue weighted by Crippen LogP contribution is 2.28. The van der Waals surface area contributed by atoms with Gasteiger partial charge in [0.05, 0.1) is 31.7 Å². The summed E-state index contributed by atoms with van der Waals surface area (Å²) in [6, 6.07) is 7.75. The van der Waals surface area contributed by atoms with Gasteiger partial charge in [-0.25, -0.2) is 4.68 Å². The van der Waals surface area contributed by atoms with Gasteiger partial charge in [-0.15, -0.1) is 5.10 Å². The zero-order valence-corrected chi connectivity index (χ0v) is 15.9. The molecule has 1 unspecified atom stereocenters. The minimum atomic E-state index is 0.144. The molecule has 2 aromatic rings. The fourth-order valence-electron chi connectivity index (χ4n) is 4.62. The molecule has 4 atom stereocenters. The molecule has 1 amide bonds. The van der Waals surface area contributed by atoms with Gasteiger partial charge in [0.25, 0.3) is 0 Å². The van der Waals surface area contributed by atoms with E-state index in [9.17, 15) is 9.90 Å². The summed E-state index contributed by atoms with van der Waals surface area (Å²) in [5.74, 6) is 1.07. The van der Waals surface area contributed by atoms with Crippen LogP contribution in [0.15, 0.2) is 30.5 Å². The van der Waals surface area contributed by atoms with Crippen LogP contribution in [0.4, 0.5) is 0 Å². The molecule has 3 saturated heterocycles. The van der Waals surface area contributed by atoms with Gasteiger partial charge in [-0.2, -0.15) is 0 Å². The second kappa shape index (κ2) is 7.31. The number of carbonyl (C=O) groups is 1. The van der Waals surface area contributed by atoms with Crippen LogP contribution in [0, 0.1) is 11.8 Å². The second-order valence-corrected chi connectivity index (χ2v) is 8.24. The van der Waals surface area contributed by atoms with Crippen molar-refractivity contribution < 1.29 is 14.8 Å². The maximum atomic E-state index is 12.5. The van der Waals surface area contributed by atoms with E-state index in [0.717, 1.165) is 43.7 Å².